The standard InChI is InChI=1S/C25H33ClN2O2S/c1-6-19(4)27-25(30)20(5)28(14-21-8-7-9-23(26)13-21)24(29)16-31-15-22-11-17(2)10-18(3)12-22/h7-13,19-20H,6,14-16H2,1-5H3,(H,27,30)/t19-,20+/m0/s1. The van der Waals surface area contributed by atoms with Crippen molar-refractivity contribution in [1.82, 2.24) is 10.2 Å². The average molecular weight is 461 g/mol. The maximum Gasteiger partial charge on any atom is 0.242 e. The quantitative estimate of drug-likeness (QED) is 0.507. The van der Waals surface area contributed by atoms with Crippen LogP contribution in [0.5, 0.6) is 0 Å². The molecule has 0 aliphatic heterocycles. The van der Waals surface area contributed by atoms with Crippen molar-refractivity contribution in [2.75, 3.05) is 5.75 Å². The minimum absolute atomic E-state index is 0.0545. The van der Waals surface area contributed by atoms with Gasteiger partial charge in [0.05, 0.1) is 5.75 Å². The van der Waals surface area contributed by atoms with Crippen LogP contribution in [0, 0.1) is 13.8 Å². The van der Waals surface area contributed by atoms with E-state index in [0.29, 0.717) is 17.3 Å². The van der Waals surface area contributed by atoms with Gasteiger partial charge >= 0.3 is 0 Å². The number of amides is 2. The van der Waals surface area contributed by atoms with Gasteiger partial charge in [0.15, 0.2) is 0 Å². The molecule has 0 radical (unpaired) electrons. The van der Waals surface area contributed by atoms with Gasteiger partial charge in [0, 0.05) is 23.4 Å². The van der Waals surface area contributed by atoms with E-state index in [-0.39, 0.29) is 17.9 Å². The minimum Gasteiger partial charge on any atom is -0.352 e. The summed E-state index contributed by atoms with van der Waals surface area (Å²) in [6.07, 6.45) is 0.840. The molecule has 0 aliphatic rings. The number of nitrogens with one attached hydrogen (secondary N) is 1. The number of hydrogen-bond acceptors (Lipinski definition) is 3. The first-order valence-electron chi connectivity index (χ1n) is 10.7. The third-order valence-corrected chi connectivity index (χ3v) is 6.41. The number of carbonyl (C=O) groups excluding carboxylic acids is 2. The summed E-state index contributed by atoms with van der Waals surface area (Å²) in [7, 11) is 0. The highest BCUT2D eigenvalue weighted by atomic mass is 35.5. The molecule has 2 aromatic carbocycles. The van der Waals surface area contributed by atoms with Gasteiger partial charge in [-0.05, 0) is 57.4 Å². The first-order valence-corrected chi connectivity index (χ1v) is 12.2. The van der Waals surface area contributed by atoms with Gasteiger partial charge in [-0.3, -0.25) is 9.59 Å². The monoisotopic (exact) mass is 460 g/mol. The van der Waals surface area contributed by atoms with Gasteiger partial charge in [-0.1, -0.05) is 60.0 Å². The van der Waals surface area contributed by atoms with Crippen molar-refractivity contribution in [2.24, 2.45) is 0 Å². The molecule has 31 heavy (non-hydrogen) atoms. The molecule has 2 rings (SSSR count). The van der Waals surface area contributed by atoms with E-state index in [4.69, 9.17) is 11.6 Å². The van der Waals surface area contributed by atoms with Gasteiger partial charge in [-0.25, -0.2) is 0 Å². The first-order chi connectivity index (χ1) is 14.7. The highest BCUT2D eigenvalue weighted by Crippen LogP contribution is 2.19. The first kappa shape index (κ1) is 25.3. The Morgan fingerprint density at radius 1 is 1.06 bits per heavy atom. The fraction of sp³-hybridized carbons (Fsp3) is 0.440. The number of aryl methyl sites for hydroxylation is 2. The van der Waals surface area contributed by atoms with Crippen LogP contribution in [0.4, 0.5) is 0 Å². The van der Waals surface area contributed by atoms with E-state index < -0.39 is 6.04 Å². The third kappa shape index (κ3) is 8.23. The molecule has 2 atom stereocenters. The Bertz CT molecular complexity index is 883. The predicted octanol–water partition coefficient (Wildman–Crippen LogP) is 5.52. The van der Waals surface area contributed by atoms with Crippen molar-refractivity contribution >= 4 is 35.2 Å². The Kier molecular flexibility index (Phi) is 9.92. The van der Waals surface area contributed by atoms with E-state index in [1.807, 2.05) is 32.0 Å². The zero-order valence-electron chi connectivity index (χ0n) is 19.1. The zero-order valence-corrected chi connectivity index (χ0v) is 20.6. The molecule has 0 unspecified atom stereocenters. The molecule has 2 aromatic rings. The van der Waals surface area contributed by atoms with Crippen molar-refractivity contribution in [3.05, 3.63) is 69.7 Å². The maximum atomic E-state index is 13.1. The van der Waals surface area contributed by atoms with E-state index >= 15 is 0 Å². The van der Waals surface area contributed by atoms with Crippen molar-refractivity contribution in [3.63, 3.8) is 0 Å². The molecule has 0 bridgehead atoms. The highest BCUT2D eigenvalue weighted by Gasteiger charge is 2.26. The Morgan fingerprint density at radius 3 is 2.35 bits per heavy atom. The average Bonchev–Trinajstić information content (AvgIpc) is 2.70. The number of nitrogens with zero attached hydrogens (tertiary/aromatic N) is 1. The van der Waals surface area contributed by atoms with E-state index in [1.54, 1.807) is 29.7 Å². The topological polar surface area (TPSA) is 49.4 Å². The lowest BCUT2D eigenvalue weighted by atomic mass is 10.1. The van der Waals surface area contributed by atoms with Crippen LogP contribution in [-0.4, -0.2) is 34.6 Å². The van der Waals surface area contributed by atoms with Crippen LogP contribution < -0.4 is 5.32 Å². The zero-order chi connectivity index (χ0) is 23.0. The molecule has 0 aliphatic carbocycles. The molecule has 0 fully saturated rings. The predicted molar refractivity (Wildman–Crippen MR) is 131 cm³/mol. The van der Waals surface area contributed by atoms with Gasteiger partial charge in [-0.15, -0.1) is 11.8 Å². The second-order valence-corrected chi connectivity index (χ2v) is 9.56. The summed E-state index contributed by atoms with van der Waals surface area (Å²) in [5.74, 6) is 0.881. The fourth-order valence-electron chi connectivity index (χ4n) is 3.37. The summed E-state index contributed by atoms with van der Waals surface area (Å²) in [5, 5.41) is 3.61. The van der Waals surface area contributed by atoms with Crippen LogP contribution in [0.3, 0.4) is 0 Å². The Labute approximate surface area is 195 Å². The van der Waals surface area contributed by atoms with Crippen LogP contribution >= 0.6 is 23.4 Å². The van der Waals surface area contributed by atoms with Crippen molar-refractivity contribution < 1.29 is 9.59 Å². The van der Waals surface area contributed by atoms with Gasteiger partial charge < -0.3 is 10.2 Å². The lowest BCUT2D eigenvalue weighted by Gasteiger charge is -2.29. The van der Waals surface area contributed by atoms with Crippen LogP contribution in [0.25, 0.3) is 0 Å². The molecule has 6 heteroatoms. The normalized spacial score (nSPS) is 12.8. The van der Waals surface area contributed by atoms with Gasteiger partial charge in [0.1, 0.15) is 6.04 Å². The number of halogens is 1. The van der Waals surface area contributed by atoms with Crippen molar-refractivity contribution in [1.29, 1.82) is 0 Å². The lowest BCUT2D eigenvalue weighted by molar-refractivity contribution is -0.138. The molecule has 168 valence electrons. The molecule has 0 saturated heterocycles. The van der Waals surface area contributed by atoms with E-state index in [0.717, 1.165) is 17.7 Å². The molecule has 0 saturated carbocycles. The summed E-state index contributed by atoms with van der Waals surface area (Å²) in [6.45, 7) is 10.3. The largest absolute Gasteiger partial charge is 0.352 e. The number of benzene rings is 2. The minimum atomic E-state index is -0.567. The van der Waals surface area contributed by atoms with Crippen molar-refractivity contribution in [3.8, 4) is 0 Å². The molecule has 4 nitrogen and oxygen atoms in total. The van der Waals surface area contributed by atoms with E-state index in [1.165, 1.54) is 16.7 Å². The summed E-state index contributed by atoms with van der Waals surface area (Å²) < 4.78 is 0. The van der Waals surface area contributed by atoms with Crippen LogP contribution in [0.2, 0.25) is 5.02 Å². The van der Waals surface area contributed by atoms with Crippen LogP contribution in [-0.2, 0) is 21.9 Å². The highest BCUT2D eigenvalue weighted by molar-refractivity contribution is 7.99. The molecule has 0 aromatic heterocycles. The molecule has 1 N–H and O–H groups in total. The summed E-state index contributed by atoms with van der Waals surface area (Å²) in [6, 6.07) is 13.4. The van der Waals surface area contributed by atoms with Crippen molar-refractivity contribution in [2.45, 2.75) is 65.4 Å². The van der Waals surface area contributed by atoms with E-state index in [9.17, 15) is 9.59 Å². The molecular formula is C25H33ClN2O2S. The summed E-state index contributed by atoms with van der Waals surface area (Å²) >= 11 is 7.70. The molecular weight excluding hydrogens is 428 g/mol. The maximum absolute atomic E-state index is 13.1. The molecule has 0 heterocycles. The number of thioether (sulfide) groups is 1. The van der Waals surface area contributed by atoms with Crippen LogP contribution in [0.1, 0.15) is 49.4 Å². The number of carbonyl (C=O) groups is 2. The third-order valence-electron chi connectivity index (χ3n) is 5.19. The summed E-state index contributed by atoms with van der Waals surface area (Å²) in [4.78, 5) is 27.5. The second kappa shape index (κ2) is 12.2. The summed E-state index contributed by atoms with van der Waals surface area (Å²) in [5.41, 5.74) is 4.56. The van der Waals surface area contributed by atoms with Gasteiger partial charge in [-0.2, -0.15) is 0 Å². The fourth-order valence-corrected chi connectivity index (χ4v) is 4.43. The molecule has 0 spiro atoms. The smallest absolute Gasteiger partial charge is 0.242 e. The number of rotatable bonds is 10. The van der Waals surface area contributed by atoms with Gasteiger partial charge in [0.2, 0.25) is 11.8 Å². The SMILES string of the molecule is CC[C@H](C)NC(=O)[C@@H](C)N(Cc1cccc(Cl)c1)C(=O)CSCc1cc(C)cc(C)c1. The van der Waals surface area contributed by atoms with Crippen LogP contribution in [0.15, 0.2) is 42.5 Å². The van der Waals surface area contributed by atoms with Gasteiger partial charge in [0.25, 0.3) is 0 Å². The Morgan fingerprint density at radius 2 is 1.74 bits per heavy atom. The Balaban J connectivity index is 2.09. The molecule has 2 amide bonds. The van der Waals surface area contributed by atoms with E-state index in [2.05, 4.69) is 37.4 Å². The second-order valence-electron chi connectivity index (χ2n) is 8.13. The lowest BCUT2D eigenvalue weighted by Crippen LogP contribution is -2.50. The Hall–Kier alpha value is -1.98. The number of hydrogen-bond donors (Lipinski definition) is 1.